The number of anilines is 1. The molecule has 4 heteroatoms. The van der Waals surface area contributed by atoms with Gasteiger partial charge in [-0.3, -0.25) is 0 Å². The molecule has 2 rings (SSSR count). The van der Waals surface area contributed by atoms with E-state index in [1.165, 1.54) is 0 Å². The minimum absolute atomic E-state index is 0.00938. The number of hydrogen-bond donors (Lipinski definition) is 1. The SMILES string of the molecule is Cc1ccc(C(C)Nc2cc(Cl)ccc2Br)cc1F. The van der Waals surface area contributed by atoms with E-state index in [9.17, 15) is 4.39 Å². The molecule has 2 aromatic carbocycles. The van der Waals surface area contributed by atoms with Gasteiger partial charge in [-0.2, -0.15) is 0 Å². The first-order valence-electron chi connectivity index (χ1n) is 5.95. The van der Waals surface area contributed by atoms with Crippen LogP contribution in [0, 0.1) is 12.7 Å². The molecule has 0 aliphatic carbocycles. The van der Waals surface area contributed by atoms with Gasteiger partial charge < -0.3 is 5.32 Å². The summed E-state index contributed by atoms with van der Waals surface area (Å²) in [6, 6.07) is 10.8. The summed E-state index contributed by atoms with van der Waals surface area (Å²) in [5, 5.41) is 3.98. The van der Waals surface area contributed by atoms with E-state index in [4.69, 9.17) is 11.6 Å². The molecule has 100 valence electrons. The number of benzene rings is 2. The van der Waals surface area contributed by atoms with Crippen LogP contribution in [0.15, 0.2) is 40.9 Å². The van der Waals surface area contributed by atoms with Crippen molar-refractivity contribution in [3.8, 4) is 0 Å². The minimum Gasteiger partial charge on any atom is -0.378 e. The topological polar surface area (TPSA) is 12.0 Å². The van der Waals surface area contributed by atoms with Crippen LogP contribution in [0.1, 0.15) is 24.1 Å². The maximum Gasteiger partial charge on any atom is 0.126 e. The van der Waals surface area contributed by atoms with Gasteiger partial charge in [-0.25, -0.2) is 4.39 Å². The van der Waals surface area contributed by atoms with Gasteiger partial charge in [0.05, 0.1) is 5.69 Å². The Hall–Kier alpha value is -1.06. The van der Waals surface area contributed by atoms with Crippen molar-refractivity contribution >= 4 is 33.2 Å². The van der Waals surface area contributed by atoms with Crippen LogP contribution in [0.4, 0.5) is 10.1 Å². The maximum absolute atomic E-state index is 13.6. The molecule has 1 N–H and O–H groups in total. The van der Waals surface area contributed by atoms with Crippen LogP contribution in [-0.4, -0.2) is 0 Å². The summed E-state index contributed by atoms with van der Waals surface area (Å²) in [7, 11) is 0. The highest BCUT2D eigenvalue weighted by molar-refractivity contribution is 9.10. The molecule has 0 aliphatic rings. The Morgan fingerprint density at radius 2 is 1.95 bits per heavy atom. The smallest absolute Gasteiger partial charge is 0.126 e. The van der Waals surface area contributed by atoms with E-state index in [0.29, 0.717) is 10.6 Å². The lowest BCUT2D eigenvalue weighted by Gasteiger charge is -2.17. The largest absolute Gasteiger partial charge is 0.378 e. The van der Waals surface area contributed by atoms with Crippen LogP contribution in [0.3, 0.4) is 0 Å². The van der Waals surface area contributed by atoms with Gasteiger partial charge in [0.15, 0.2) is 0 Å². The van der Waals surface area contributed by atoms with E-state index >= 15 is 0 Å². The van der Waals surface area contributed by atoms with Crippen molar-refractivity contribution in [1.29, 1.82) is 0 Å². The van der Waals surface area contributed by atoms with Crippen LogP contribution in [0.5, 0.6) is 0 Å². The Labute approximate surface area is 125 Å². The number of hydrogen-bond acceptors (Lipinski definition) is 1. The Balaban J connectivity index is 2.22. The predicted molar refractivity (Wildman–Crippen MR) is 82.3 cm³/mol. The molecule has 0 heterocycles. The molecule has 0 radical (unpaired) electrons. The molecule has 0 spiro atoms. The zero-order valence-electron chi connectivity index (χ0n) is 10.7. The molecular formula is C15H14BrClFN. The van der Waals surface area contributed by atoms with E-state index in [1.807, 2.05) is 31.2 Å². The lowest BCUT2D eigenvalue weighted by molar-refractivity contribution is 0.614. The first-order valence-corrected chi connectivity index (χ1v) is 7.12. The van der Waals surface area contributed by atoms with Gasteiger partial charge in [0.25, 0.3) is 0 Å². The summed E-state index contributed by atoms with van der Waals surface area (Å²) in [6.45, 7) is 3.74. The third-order valence-electron chi connectivity index (χ3n) is 3.00. The number of aryl methyl sites for hydroxylation is 1. The normalized spacial score (nSPS) is 12.3. The average molecular weight is 343 g/mol. The second-order valence-electron chi connectivity index (χ2n) is 4.50. The van der Waals surface area contributed by atoms with E-state index in [0.717, 1.165) is 15.7 Å². The molecule has 2 aromatic rings. The molecular weight excluding hydrogens is 329 g/mol. The standard InChI is InChI=1S/C15H14BrClFN/c1-9-3-4-11(7-14(9)18)10(2)19-15-8-12(17)5-6-13(15)16/h3-8,10,19H,1-2H3. The summed E-state index contributed by atoms with van der Waals surface area (Å²) in [5.74, 6) is -0.184. The first kappa shape index (κ1) is 14.4. The first-order chi connectivity index (χ1) is 8.97. The summed E-state index contributed by atoms with van der Waals surface area (Å²) >= 11 is 9.43. The zero-order valence-corrected chi connectivity index (χ0v) is 13.0. The lowest BCUT2D eigenvalue weighted by atomic mass is 10.1. The molecule has 1 unspecified atom stereocenters. The van der Waals surface area contributed by atoms with Crippen molar-refractivity contribution in [1.82, 2.24) is 0 Å². The minimum atomic E-state index is -0.184. The molecule has 0 saturated heterocycles. The molecule has 0 bridgehead atoms. The monoisotopic (exact) mass is 341 g/mol. The Morgan fingerprint density at radius 1 is 1.21 bits per heavy atom. The zero-order chi connectivity index (χ0) is 14.0. The molecule has 0 aromatic heterocycles. The fraction of sp³-hybridized carbons (Fsp3) is 0.200. The van der Waals surface area contributed by atoms with Crippen LogP contribution in [0.25, 0.3) is 0 Å². The molecule has 0 saturated carbocycles. The fourth-order valence-electron chi connectivity index (χ4n) is 1.80. The Kier molecular flexibility index (Phi) is 4.48. The van der Waals surface area contributed by atoms with Gasteiger partial charge in [0.1, 0.15) is 5.82 Å². The number of nitrogens with one attached hydrogen (secondary N) is 1. The Bertz CT molecular complexity index is 601. The van der Waals surface area contributed by atoms with E-state index in [2.05, 4.69) is 21.2 Å². The number of halogens is 3. The van der Waals surface area contributed by atoms with Crippen molar-refractivity contribution in [2.75, 3.05) is 5.32 Å². The summed E-state index contributed by atoms with van der Waals surface area (Å²) < 4.78 is 14.5. The third kappa shape index (κ3) is 3.48. The molecule has 0 fully saturated rings. The van der Waals surface area contributed by atoms with E-state index in [-0.39, 0.29) is 11.9 Å². The number of rotatable bonds is 3. The van der Waals surface area contributed by atoms with Crippen molar-refractivity contribution in [2.24, 2.45) is 0 Å². The van der Waals surface area contributed by atoms with E-state index in [1.54, 1.807) is 19.1 Å². The Morgan fingerprint density at radius 3 is 2.63 bits per heavy atom. The van der Waals surface area contributed by atoms with Gasteiger partial charge in [0.2, 0.25) is 0 Å². The van der Waals surface area contributed by atoms with Crippen molar-refractivity contribution < 1.29 is 4.39 Å². The summed E-state index contributed by atoms with van der Waals surface area (Å²) in [6.07, 6.45) is 0. The van der Waals surface area contributed by atoms with Crippen molar-refractivity contribution in [2.45, 2.75) is 19.9 Å². The third-order valence-corrected chi connectivity index (χ3v) is 3.92. The highest BCUT2D eigenvalue weighted by Crippen LogP contribution is 2.29. The molecule has 1 nitrogen and oxygen atoms in total. The fourth-order valence-corrected chi connectivity index (χ4v) is 2.34. The second-order valence-corrected chi connectivity index (χ2v) is 5.79. The van der Waals surface area contributed by atoms with E-state index < -0.39 is 0 Å². The van der Waals surface area contributed by atoms with Gasteiger partial charge in [-0.05, 0) is 65.2 Å². The van der Waals surface area contributed by atoms with Crippen molar-refractivity contribution in [3.63, 3.8) is 0 Å². The van der Waals surface area contributed by atoms with Gasteiger partial charge in [-0.1, -0.05) is 23.7 Å². The molecule has 0 aliphatic heterocycles. The maximum atomic E-state index is 13.6. The highest BCUT2D eigenvalue weighted by Gasteiger charge is 2.09. The summed E-state index contributed by atoms with van der Waals surface area (Å²) in [5.41, 5.74) is 2.44. The highest BCUT2D eigenvalue weighted by atomic mass is 79.9. The molecule has 19 heavy (non-hydrogen) atoms. The average Bonchev–Trinajstić information content (AvgIpc) is 2.37. The van der Waals surface area contributed by atoms with Crippen LogP contribution in [0.2, 0.25) is 5.02 Å². The lowest BCUT2D eigenvalue weighted by Crippen LogP contribution is -2.07. The molecule has 1 atom stereocenters. The van der Waals surface area contributed by atoms with Gasteiger partial charge in [0, 0.05) is 15.5 Å². The molecule has 0 amide bonds. The van der Waals surface area contributed by atoms with Crippen molar-refractivity contribution in [3.05, 3.63) is 62.8 Å². The van der Waals surface area contributed by atoms with Crippen LogP contribution in [-0.2, 0) is 0 Å². The quantitative estimate of drug-likeness (QED) is 0.752. The second kappa shape index (κ2) is 5.93. The van der Waals surface area contributed by atoms with Gasteiger partial charge in [-0.15, -0.1) is 0 Å². The van der Waals surface area contributed by atoms with Crippen LogP contribution >= 0.6 is 27.5 Å². The van der Waals surface area contributed by atoms with Gasteiger partial charge >= 0.3 is 0 Å². The van der Waals surface area contributed by atoms with Crippen LogP contribution < -0.4 is 5.32 Å². The predicted octanol–water partition coefficient (Wildman–Crippen LogP) is 5.72. The summed E-state index contributed by atoms with van der Waals surface area (Å²) in [4.78, 5) is 0.